The first-order valence-electron chi connectivity index (χ1n) is 7.10. The second-order valence-electron chi connectivity index (χ2n) is 6.34. The highest BCUT2D eigenvalue weighted by molar-refractivity contribution is 5.50. The zero-order valence-corrected chi connectivity index (χ0v) is 12.0. The maximum Gasteiger partial charge on any atom is 0.276 e. The van der Waals surface area contributed by atoms with E-state index in [1.165, 1.54) is 12.8 Å². The molecular weight excluding hydrogens is 252 g/mol. The van der Waals surface area contributed by atoms with Gasteiger partial charge in [0, 0.05) is 5.92 Å². The predicted molar refractivity (Wildman–Crippen MR) is 76.9 cm³/mol. The summed E-state index contributed by atoms with van der Waals surface area (Å²) < 4.78 is 5.33. The van der Waals surface area contributed by atoms with Crippen molar-refractivity contribution < 1.29 is 4.52 Å². The van der Waals surface area contributed by atoms with Crippen molar-refractivity contribution in [1.29, 1.82) is 0 Å². The molecule has 0 radical (unpaired) electrons. The number of pyridine rings is 1. The second-order valence-corrected chi connectivity index (χ2v) is 6.34. The molecule has 0 spiro atoms. The van der Waals surface area contributed by atoms with E-state index in [1.54, 1.807) is 6.07 Å². The number of hydrogen-bond donors (Lipinski definition) is 1. The minimum atomic E-state index is 0.404. The predicted octanol–water partition coefficient (Wildman–Crippen LogP) is 3.40. The van der Waals surface area contributed by atoms with Gasteiger partial charge in [-0.3, -0.25) is 0 Å². The highest BCUT2D eigenvalue weighted by Crippen LogP contribution is 2.41. The SMILES string of the molecule is CC1(C)CCC(c2noc(-c3cccc(N)n3)n2)CC1. The Labute approximate surface area is 118 Å². The molecule has 0 saturated heterocycles. The average molecular weight is 272 g/mol. The van der Waals surface area contributed by atoms with Gasteiger partial charge in [0.05, 0.1) is 0 Å². The van der Waals surface area contributed by atoms with E-state index >= 15 is 0 Å². The van der Waals surface area contributed by atoms with E-state index in [9.17, 15) is 0 Å². The Morgan fingerprint density at radius 2 is 1.95 bits per heavy atom. The molecule has 0 bridgehead atoms. The Balaban J connectivity index is 1.78. The highest BCUT2D eigenvalue weighted by Gasteiger charge is 2.30. The molecular formula is C15H20N4O. The lowest BCUT2D eigenvalue weighted by Crippen LogP contribution is -2.20. The van der Waals surface area contributed by atoms with Crippen molar-refractivity contribution in [2.75, 3.05) is 5.73 Å². The maximum atomic E-state index is 5.67. The molecule has 0 aliphatic heterocycles. The maximum absolute atomic E-state index is 5.67. The third kappa shape index (κ3) is 2.66. The van der Waals surface area contributed by atoms with Gasteiger partial charge >= 0.3 is 0 Å². The van der Waals surface area contributed by atoms with Crippen LogP contribution >= 0.6 is 0 Å². The van der Waals surface area contributed by atoms with Crippen LogP contribution in [0.2, 0.25) is 0 Å². The summed E-state index contributed by atoms with van der Waals surface area (Å²) in [6.45, 7) is 4.64. The van der Waals surface area contributed by atoms with Crippen molar-refractivity contribution in [2.24, 2.45) is 5.41 Å². The fourth-order valence-corrected chi connectivity index (χ4v) is 2.73. The van der Waals surface area contributed by atoms with Crippen LogP contribution < -0.4 is 5.73 Å². The van der Waals surface area contributed by atoms with Crippen LogP contribution in [0.25, 0.3) is 11.6 Å². The van der Waals surface area contributed by atoms with Crippen molar-refractivity contribution in [2.45, 2.75) is 45.4 Å². The van der Waals surface area contributed by atoms with E-state index in [2.05, 4.69) is 29.0 Å². The standard InChI is InChI=1S/C15H20N4O/c1-15(2)8-6-10(7-9-15)13-18-14(20-19-13)11-4-3-5-12(16)17-11/h3-5,10H,6-9H2,1-2H3,(H2,16,17). The van der Waals surface area contributed by atoms with Gasteiger partial charge < -0.3 is 10.3 Å². The summed E-state index contributed by atoms with van der Waals surface area (Å²) in [6.07, 6.45) is 4.66. The first-order chi connectivity index (χ1) is 9.53. The van der Waals surface area contributed by atoms with Crippen LogP contribution in [0.4, 0.5) is 5.82 Å². The molecule has 1 saturated carbocycles. The van der Waals surface area contributed by atoms with Gasteiger partial charge in [0.1, 0.15) is 11.5 Å². The number of aromatic nitrogens is 3. The average Bonchev–Trinajstić information content (AvgIpc) is 2.88. The van der Waals surface area contributed by atoms with Gasteiger partial charge in [-0.2, -0.15) is 4.98 Å². The summed E-state index contributed by atoms with van der Waals surface area (Å²) in [6, 6.07) is 5.41. The van der Waals surface area contributed by atoms with E-state index in [4.69, 9.17) is 10.3 Å². The van der Waals surface area contributed by atoms with Crippen LogP contribution in [0.5, 0.6) is 0 Å². The molecule has 0 unspecified atom stereocenters. The Morgan fingerprint density at radius 3 is 2.65 bits per heavy atom. The molecule has 20 heavy (non-hydrogen) atoms. The van der Waals surface area contributed by atoms with Gasteiger partial charge in [-0.15, -0.1) is 0 Å². The summed E-state index contributed by atoms with van der Waals surface area (Å²) in [5.41, 5.74) is 6.76. The Kier molecular flexibility index (Phi) is 3.20. The molecule has 2 aromatic rings. The molecule has 2 heterocycles. The Morgan fingerprint density at radius 1 is 1.20 bits per heavy atom. The normalized spacial score (nSPS) is 19.1. The number of rotatable bonds is 2. The first-order valence-corrected chi connectivity index (χ1v) is 7.10. The number of nitrogens with two attached hydrogens (primary N) is 1. The van der Waals surface area contributed by atoms with Crippen LogP contribution in [-0.4, -0.2) is 15.1 Å². The summed E-state index contributed by atoms with van der Waals surface area (Å²) in [4.78, 5) is 8.70. The lowest BCUT2D eigenvalue weighted by atomic mass is 9.73. The van der Waals surface area contributed by atoms with E-state index < -0.39 is 0 Å². The molecule has 1 fully saturated rings. The Hall–Kier alpha value is -1.91. The number of nitrogen functional groups attached to an aromatic ring is 1. The van der Waals surface area contributed by atoms with Gasteiger partial charge in [-0.05, 0) is 43.2 Å². The zero-order chi connectivity index (χ0) is 14.2. The van der Waals surface area contributed by atoms with Crippen LogP contribution in [0.3, 0.4) is 0 Å². The van der Waals surface area contributed by atoms with E-state index in [0.29, 0.717) is 28.7 Å². The molecule has 2 N–H and O–H groups in total. The third-order valence-corrected chi connectivity index (χ3v) is 4.14. The van der Waals surface area contributed by atoms with Gasteiger partial charge in [0.25, 0.3) is 5.89 Å². The minimum absolute atomic E-state index is 0.404. The fraction of sp³-hybridized carbons (Fsp3) is 0.533. The monoisotopic (exact) mass is 272 g/mol. The smallest absolute Gasteiger partial charge is 0.276 e. The van der Waals surface area contributed by atoms with Crippen molar-refractivity contribution >= 4 is 5.82 Å². The van der Waals surface area contributed by atoms with Gasteiger partial charge in [-0.1, -0.05) is 25.1 Å². The van der Waals surface area contributed by atoms with Gasteiger partial charge in [0.15, 0.2) is 5.82 Å². The molecule has 0 amide bonds. The molecule has 5 heteroatoms. The summed E-state index contributed by atoms with van der Waals surface area (Å²) in [5.74, 6) is 2.13. The van der Waals surface area contributed by atoms with Gasteiger partial charge in [0.2, 0.25) is 0 Å². The second kappa shape index (κ2) is 4.89. The molecule has 106 valence electrons. The van der Waals surface area contributed by atoms with Crippen LogP contribution in [-0.2, 0) is 0 Å². The van der Waals surface area contributed by atoms with Crippen molar-refractivity contribution in [1.82, 2.24) is 15.1 Å². The molecule has 5 nitrogen and oxygen atoms in total. The number of hydrogen-bond acceptors (Lipinski definition) is 5. The Bertz CT molecular complexity index is 595. The summed E-state index contributed by atoms with van der Waals surface area (Å²) >= 11 is 0. The highest BCUT2D eigenvalue weighted by atomic mass is 16.5. The van der Waals surface area contributed by atoms with Crippen LogP contribution in [0.1, 0.15) is 51.3 Å². The van der Waals surface area contributed by atoms with Crippen molar-refractivity contribution in [3.05, 3.63) is 24.0 Å². The topological polar surface area (TPSA) is 77.8 Å². The number of anilines is 1. The minimum Gasteiger partial charge on any atom is -0.384 e. The van der Waals surface area contributed by atoms with Crippen molar-refractivity contribution in [3.8, 4) is 11.6 Å². The van der Waals surface area contributed by atoms with Gasteiger partial charge in [-0.25, -0.2) is 4.98 Å². The molecule has 0 aromatic carbocycles. The van der Waals surface area contributed by atoms with E-state index in [1.807, 2.05) is 12.1 Å². The zero-order valence-electron chi connectivity index (χ0n) is 12.0. The van der Waals surface area contributed by atoms with Crippen molar-refractivity contribution in [3.63, 3.8) is 0 Å². The fourth-order valence-electron chi connectivity index (χ4n) is 2.73. The summed E-state index contributed by atoms with van der Waals surface area (Å²) in [7, 11) is 0. The molecule has 1 aliphatic carbocycles. The lowest BCUT2D eigenvalue weighted by Gasteiger charge is -2.32. The quantitative estimate of drug-likeness (QED) is 0.906. The van der Waals surface area contributed by atoms with Crippen LogP contribution in [0, 0.1) is 5.41 Å². The molecule has 2 aromatic heterocycles. The number of nitrogens with zero attached hydrogens (tertiary/aromatic N) is 3. The van der Waals surface area contributed by atoms with E-state index in [0.717, 1.165) is 18.7 Å². The largest absolute Gasteiger partial charge is 0.384 e. The molecule has 0 atom stereocenters. The summed E-state index contributed by atoms with van der Waals surface area (Å²) in [5, 5.41) is 4.13. The van der Waals surface area contributed by atoms with Crippen LogP contribution in [0.15, 0.2) is 22.7 Å². The molecule has 3 rings (SSSR count). The van der Waals surface area contributed by atoms with E-state index in [-0.39, 0.29) is 0 Å². The lowest BCUT2D eigenvalue weighted by molar-refractivity contribution is 0.218. The third-order valence-electron chi connectivity index (χ3n) is 4.14. The first kappa shape index (κ1) is 13.1. The molecule has 1 aliphatic rings.